The first-order valence-electron chi connectivity index (χ1n) is 8.68. The highest BCUT2D eigenvalue weighted by atomic mass is 16.7. The smallest absolute Gasteiger partial charge is 0.325 e. The lowest BCUT2D eigenvalue weighted by molar-refractivity contribution is -0.609. The van der Waals surface area contributed by atoms with Gasteiger partial charge >= 0.3 is 5.72 Å². The van der Waals surface area contributed by atoms with Crippen LogP contribution in [0.5, 0.6) is 0 Å². The van der Waals surface area contributed by atoms with E-state index < -0.39 is 16.7 Å². The number of hydrogen-bond acceptors (Lipinski definition) is 5. The van der Waals surface area contributed by atoms with E-state index in [2.05, 4.69) is 44.8 Å². The van der Waals surface area contributed by atoms with Crippen molar-refractivity contribution >= 4 is 5.69 Å². The Bertz CT molecular complexity index is 745. The molecule has 1 aliphatic rings. The van der Waals surface area contributed by atoms with Gasteiger partial charge in [-0.15, -0.1) is 0 Å². The molecule has 1 aromatic carbocycles. The average Bonchev–Trinajstić information content (AvgIpc) is 2.52. The second-order valence-corrected chi connectivity index (χ2v) is 8.61. The van der Waals surface area contributed by atoms with Crippen LogP contribution in [0.3, 0.4) is 0 Å². The van der Waals surface area contributed by atoms with Crippen molar-refractivity contribution in [2.75, 3.05) is 0 Å². The first kappa shape index (κ1) is 20.0. The minimum atomic E-state index is -2.29. The Morgan fingerprint density at radius 2 is 1.81 bits per heavy atom. The van der Waals surface area contributed by atoms with Crippen LogP contribution < -0.4 is 0 Å². The molecule has 0 radical (unpaired) electrons. The number of allylic oxidation sites excluding steroid dienone is 2. The zero-order chi connectivity index (χ0) is 19.6. The number of benzene rings is 1. The standard InChI is InChI=1S/C20H27N3O3/c1-18(2,3)14-19(4,5)15-11-12-20(24,23(25)26)17(13-15)22-21-16-9-7-6-8-10-16/h6-13,17,24H,14H2,1-5H3/b22-21+. The van der Waals surface area contributed by atoms with Crippen molar-refractivity contribution in [3.05, 3.63) is 64.2 Å². The SMILES string of the molecule is CC(C)(C)CC(C)(C)C1=CC(/N=N/c2ccccc2)C(O)([N+](=O)[O-])C=C1. The Balaban J connectivity index is 2.39. The maximum absolute atomic E-state index is 11.5. The average molecular weight is 357 g/mol. The summed E-state index contributed by atoms with van der Waals surface area (Å²) in [6.45, 7) is 10.7. The Kier molecular flexibility index (Phi) is 5.47. The highest BCUT2D eigenvalue weighted by Crippen LogP contribution is 2.42. The molecule has 0 bridgehead atoms. The molecule has 0 saturated carbocycles. The molecule has 0 heterocycles. The molecule has 0 aromatic heterocycles. The summed E-state index contributed by atoms with van der Waals surface area (Å²) in [5, 5.41) is 30.1. The molecule has 0 spiro atoms. The van der Waals surface area contributed by atoms with Crippen LogP contribution in [-0.4, -0.2) is 21.8 Å². The van der Waals surface area contributed by atoms with Crippen molar-refractivity contribution in [3.8, 4) is 0 Å². The van der Waals surface area contributed by atoms with Gasteiger partial charge in [0.05, 0.1) is 10.6 Å². The van der Waals surface area contributed by atoms with Gasteiger partial charge in [0.1, 0.15) is 0 Å². The fourth-order valence-electron chi connectivity index (χ4n) is 3.45. The van der Waals surface area contributed by atoms with Crippen molar-refractivity contribution in [3.63, 3.8) is 0 Å². The van der Waals surface area contributed by atoms with Crippen LogP contribution in [0.1, 0.15) is 41.0 Å². The van der Waals surface area contributed by atoms with Gasteiger partial charge < -0.3 is 5.11 Å². The molecular weight excluding hydrogens is 330 g/mol. The molecule has 26 heavy (non-hydrogen) atoms. The van der Waals surface area contributed by atoms with Crippen molar-refractivity contribution in [2.24, 2.45) is 21.1 Å². The van der Waals surface area contributed by atoms with Crippen LogP contribution in [0, 0.1) is 20.9 Å². The Morgan fingerprint density at radius 1 is 1.19 bits per heavy atom. The lowest BCUT2D eigenvalue weighted by Gasteiger charge is -2.36. The van der Waals surface area contributed by atoms with Crippen molar-refractivity contribution < 1.29 is 10.0 Å². The van der Waals surface area contributed by atoms with Gasteiger partial charge in [-0.25, -0.2) is 0 Å². The van der Waals surface area contributed by atoms with E-state index in [9.17, 15) is 15.2 Å². The summed E-state index contributed by atoms with van der Waals surface area (Å²) in [7, 11) is 0. The van der Waals surface area contributed by atoms with Crippen LogP contribution >= 0.6 is 0 Å². The van der Waals surface area contributed by atoms with Crippen LogP contribution in [0.2, 0.25) is 0 Å². The molecule has 2 rings (SSSR count). The summed E-state index contributed by atoms with van der Waals surface area (Å²) in [5.74, 6) is 0. The van der Waals surface area contributed by atoms with E-state index in [0.717, 1.165) is 12.0 Å². The molecule has 6 nitrogen and oxygen atoms in total. The Morgan fingerprint density at radius 3 is 2.35 bits per heavy atom. The number of azo groups is 1. The van der Waals surface area contributed by atoms with E-state index in [4.69, 9.17) is 0 Å². The molecule has 1 aromatic rings. The van der Waals surface area contributed by atoms with Crippen LogP contribution in [0.4, 0.5) is 5.69 Å². The number of hydrogen-bond donors (Lipinski definition) is 1. The van der Waals surface area contributed by atoms with Crippen LogP contribution in [0.15, 0.2) is 64.4 Å². The van der Waals surface area contributed by atoms with Gasteiger partial charge in [-0.3, -0.25) is 10.1 Å². The maximum Gasteiger partial charge on any atom is 0.370 e. The molecule has 6 heteroatoms. The van der Waals surface area contributed by atoms with Crippen molar-refractivity contribution in [1.29, 1.82) is 0 Å². The van der Waals surface area contributed by atoms with E-state index in [1.54, 1.807) is 24.3 Å². The minimum absolute atomic E-state index is 0.0933. The number of aliphatic hydroxyl groups is 1. The lowest BCUT2D eigenvalue weighted by Crippen LogP contribution is -2.47. The monoisotopic (exact) mass is 357 g/mol. The predicted octanol–water partition coefficient (Wildman–Crippen LogP) is 5.06. The van der Waals surface area contributed by atoms with Gasteiger partial charge in [0, 0.05) is 6.08 Å². The molecule has 140 valence electrons. The first-order valence-corrected chi connectivity index (χ1v) is 8.68. The van der Waals surface area contributed by atoms with Gasteiger partial charge in [0.15, 0.2) is 6.04 Å². The third-order valence-corrected chi connectivity index (χ3v) is 4.38. The van der Waals surface area contributed by atoms with Crippen molar-refractivity contribution in [1.82, 2.24) is 0 Å². The predicted molar refractivity (Wildman–Crippen MR) is 102 cm³/mol. The Hall–Kier alpha value is -2.34. The maximum atomic E-state index is 11.5. The number of rotatable bonds is 5. The molecule has 0 amide bonds. The fraction of sp³-hybridized carbons (Fsp3) is 0.500. The molecule has 2 unspecified atom stereocenters. The summed E-state index contributed by atoms with van der Waals surface area (Å²) >= 11 is 0. The van der Waals surface area contributed by atoms with Gasteiger partial charge in [-0.2, -0.15) is 10.2 Å². The molecule has 0 saturated heterocycles. The summed E-state index contributed by atoms with van der Waals surface area (Å²) in [6.07, 6.45) is 5.42. The van der Waals surface area contributed by atoms with Crippen LogP contribution in [0.25, 0.3) is 0 Å². The van der Waals surface area contributed by atoms with E-state index in [0.29, 0.717) is 5.69 Å². The fourth-order valence-corrected chi connectivity index (χ4v) is 3.45. The van der Waals surface area contributed by atoms with Gasteiger partial charge in [0.2, 0.25) is 0 Å². The molecule has 0 aliphatic heterocycles. The van der Waals surface area contributed by atoms with Crippen molar-refractivity contribution in [2.45, 2.75) is 52.8 Å². The number of nitrogens with zero attached hydrogens (tertiary/aromatic N) is 3. The number of nitro groups is 1. The first-order chi connectivity index (χ1) is 11.9. The molecule has 1 aliphatic carbocycles. The quantitative estimate of drug-likeness (QED) is 0.345. The summed E-state index contributed by atoms with van der Waals surface area (Å²) in [6, 6.07) is 7.88. The molecule has 2 atom stereocenters. The third kappa shape index (κ3) is 4.64. The minimum Gasteiger partial charge on any atom is -0.325 e. The second kappa shape index (κ2) is 7.11. The third-order valence-electron chi connectivity index (χ3n) is 4.38. The highest BCUT2D eigenvalue weighted by molar-refractivity contribution is 5.37. The second-order valence-electron chi connectivity index (χ2n) is 8.61. The Labute approximate surface area is 154 Å². The zero-order valence-electron chi connectivity index (χ0n) is 16.0. The van der Waals surface area contributed by atoms with E-state index in [1.807, 2.05) is 18.2 Å². The van der Waals surface area contributed by atoms with Crippen LogP contribution in [-0.2, 0) is 0 Å². The normalized spacial score (nSPS) is 23.9. The summed E-state index contributed by atoms with van der Waals surface area (Å²) < 4.78 is 0. The van der Waals surface area contributed by atoms with Gasteiger partial charge in [-0.05, 0) is 41.0 Å². The van der Waals surface area contributed by atoms with Gasteiger partial charge in [-0.1, -0.05) is 58.9 Å². The largest absolute Gasteiger partial charge is 0.370 e. The van der Waals surface area contributed by atoms with E-state index >= 15 is 0 Å². The molecule has 1 N–H and O–H groups in total. The highest BCUT2D eigenvalue weighted by Gasteiger charge is 2.49. The molecule has 0 fully saturated rings. The van der Waals surface area contributed by atoms with E-state index in [-0.39, 0.29) is 10.8 Å². The van der Waals surface area contributed by atoms with E-state index in [1.165, 1.54) is 6.08 Å². The topological polar surface area (TPSA) is 88.1 Å². The summed E-state index contributed by atoms with van der Waals surface area (Å²) in [5.41, 5.74) is -0.921. The van der Waals surface area contributed by atoms with Gasteiger partial charge in [0.25, 0.3) is 0 Å². The lowest BCUT2D eigenvalue weighted by atomic mass is 9.70. The zero-order valence-corrected chi connectivity index (χ0v) is 16.0. The summed E-state index contributed by atoms with van der Waals surface area (Å²) in [4.78, 5) is 10.7. The molecular formula is C20H27N3O3.